The molecule has 0 bridgehead atoms. The first-order valence-corrected chi connectivity index (χ1v) is 6.89. The molecule has 0 aromatic heterocycles. The molecule has 0 unspecified atom stereocenters. The van der Waals surface area contributed by atoms with E-state index in [-0.39, 0.29) is 24.7 Å². The highest BCUT2D eigenvalue weighted by Crippen LogP contribution is 2.19. The van der Waals surface area contributed by atoms with Crippen molar-refractivity contribution in [1.29, 1.82) is 0 Å². The van der Waals surface area contributed by atoms with Crippen LogP contribution in [-0.4, -0.2) is 40.7 Å². The minimum Gasteiger partial charge on any atom is -0.480 e. The van der Waals surface area contributed by atoms with Crippen molar-refractivity contribution in [3.05, 3.63) is 30.1 Å². The van der Waals surface area contributed by atoms with Gasteiger partial charge in [0.2, 0.25) is 5.91 Å². The smallest absolute Gasteiger partial charge is 0.323 e. The maximum Gasteiger partial charge on any atom is 0.323 e. The maximum atomic E-state index is 12.7. The number of benzene rings is 1. The van der Waals surface area contributed by atoms with Crippen LogP contribution in [0.2, 0.25) is 0 Å². The average Bonchev–Trinajstić information content (AvgIpc) is 2.38. The number of thioether (sulfide) groups is 1. The monoisotopic (exact) mass is 285 g/mol. The van der Waals surface area contributed by atoms with Gasteiger partial charge in [0, 0.05) is 23.6 Å². The summed E-state index contributed by atoms with van der Waals surface area (Å²) in [6.45, 7) is 1.86. The predicted octanol–water partition coefficient (Wildman–Crippen LogP) is 2.24. The third-order valence-corrected chi connectivity index (χ3v) is 3.47. The van der Waals surface area contributed by atoms with Crippen molar-refractivity contribution < 1.29 is 19.1 Å². The van der Waals surface area contributed by atoms with Gasteiger partial charge in [-0.25, -0.2) is 4.39 Å². The van der Waals surface area contributed by atoms with Gasteiger partial charge in [0.05, 0.1) is 0 Å². The molecule has 0 saturated heterocycles. The summed E-state index contributed by atoms with van der Waals surface area (Å²) in [6.07, 6.45) is 0.267. The van der Waals surface area contributed by atoms with Crippen LogP contribution in [0.3, 0.4) is 0 Å². The molecule has 0 aliphatic rings. The first-order valence-electron chi connectivity index (χ1n) is 5.91. The van der Waals surface area contributed by atoms with Gasteiger partial charge in [-0.05, 0) is 31.2 Å². The van der Waals surface area contributed by atoms with Crippen molar-refractivity contribution in [1.82, 2.24) is 4.90 Å². The summed E-state index contributed by atoms with van der Waals surface area (Å²) < 4.78 is 12.7. The van der Waals surface area contributed by atoms with E-state index in [1.165, 1.54) is 28.8 Å². The largest absolute Gasteiger partial charge is 0.480 e. The summed E-state index contributed by atoms with van der Waals surface area (Å²) >= 11 is 1.44. The Hall–Kier alpha value is -1.56. The second-order valence-electron chi connectivity index (χ2n) is 3.85. The zero-order valence-electron chi connectivity index (χ0n) is 10.6. The lowest BCUT2D eigenvalue weighted by molar-refractivity contribution is -0.144. The van der Waals surface area contributed by atoms with Gasteiger partial charge in [-0.1, -0.05) is 0 Å². The highest BCUT2D eigenvalue weighted by molar-refractivity contribution is 7.99. The first-order chi connectivity index (χ1) is 9.02. The molecule has 0 fully saturated rings. The van der Waals surface area contributed by atoms with Crippen LogP contribution in [0.15, 0.2) is 29.2 Å². The molecule has 4 nitrogen and oxygen atoms in total. The molecule has 19 heavy (non-hydrogen) atoms. The Kier molecular flexibility index (Phi) is 6.35. The predicted molar refractivity (Wildman–Crippen MR) is 71.6 cm³/mol. The molecule has 0 heterocycles. The van der Waals surface area contributed by atoms with Gasteiger partial charge in [-0.3, -0.25) is 9.59 Å². The molecule has 0 aliphatic carbocycles. The molecule has 1 N–H and O–H groups in total. The fourth-order valence-electron chi connectivity index (χ4n) is 1.48. The number of carboxylic acids is 1. The van der Waals surface area contributed by atoms with E-state index in [2.05, 4.69) is 0 Å². The number of aliphatic carboxylic acids is 1. The third kappa shape index (κ3) is 5.74. The van der Waals surface area contributed by atoms with Crippen LogP contribution in [0.4, 0.5) is 4.39 Å². The Labute approximate surface area is 115 Å². The zero-order valence-corrected chi connectivity index (χ0v) is 11.5. The second kappa shape index (κ2) is 7.78. The van der Waals surface area contributed by atoms with Crippen LogP contribution in [0, 0.1) is 5.82 Å². The number of carbonyl (C=O) groups is 2. The summed E-state index contributed by atoms with van der Waals surface area (Å²) in [6, 6.07) is 6.04. The molecule has 0 saturated carbocycles. The van der Waals surface area contributed by atoms with Gasteiger partial charge >= 0.3 is 5.97 Å². The number of nitrogens with zero attached hydrogens (tertiary/aromatic N) is 1. The number of rotatable bonds is 7. The molecule has 0 aliphatic heterocycles. The fraction of sp³-hybridized carbons (Fsp3) is 0.385. The quantitative estimate of drug-likeness (QED) is 0.781. The minimum atomic E-state index is -1.01. The standard InChI is InChI=1S/C13H16FNO3S/c1-2-15(9-13(17)18)12(16)7-8-19-11-5-3-10(14)4-6-11/h3-6H,2,7-9H2,1H3,(H,17,18). The van der Waals surface area contributed by atoms with Crippen LogP contribution in [0.25, 0.3) is 0 Å². The first kappa shape index (κ1) is 15.5. The maximum absolute atomic E-state index is 12.7. The Morgan fingerprint density at radius 2 is 1.95 bits per heavy atom. The second-order valence-corrected chi connectivity index (χ2v) is 5.02. The summed E-state index contributed by atoms with van der Waals surface area (Å²) in [5.74, 6) is -0.944. The van der Waals surface area contributed by atoms with Gasteiger partial charge in [0.15, 0.2) is 0 Å². The van der Waals surface area contributed by atoms with Crippen molar-refractivity contribution in [2.24, 2.45) is 0 Å². The highest BCUT2D eigenvalue weighted by Gasteiger charge is 2.14. The lowest BCUT2D eigenvalue weighted by Gasteiger charge is -2.18. The topological polar surface area (TPSA) is 57.6 Å². The third-order valence-electron chi connectivity index (χ3n) is 2.46. The molecule has 0 atom stereocenters. The van der Waals surface area contributed by atoms with E-state index in [0.717, 1.165) is 4.90 Å². The van der Waals surface area contributed by atoms with Gasteiger partial charge in [0.1, 0.15) is 12.4 Å². The number of hydrogen-bond acceptors (Lipinski definition) is 3. The molecule has 1 aromatic rings. The lowest BCUT2D eigenvalue weighted by Crippen LogP contribution is -2.35. The fourth-order valence-corrected chi connectivity index (χ4v) is 2.33. The number of likely N-dealkylation sites (N-methyl/N-ethyl adjacent to an activating group) is 1. The number of carboxylic acid groups (broad SMARTS) is 1. The molecule has 6 heteroatoms. The molecule has 1 aromatic carbocycles. The zero-order chi connectivity index (χ0) is 14.3. The lowest BCUT2D eigenvalue weighted by atomic mass is 10.3. The SMILES string of the molecule is CCN(CC(=O)O)C(=O)CCSc1ccc(F)cc1. The van der Waals surface area contributed by atoms with E-state index >= 15 is 0 Å². The van der Waals surface area contributed by atoms with Crippen LogP contribution in [0.1, 0.15) is 13.3 Å². The van der Waals surface area contributed by atoms with Gasteiger partial charge in [-0.15, -0.1) is 11.8 Å². The van der Waals surface area contributed by atoms with Crippen LogP contribution < -0.4 is 0 Å². The molecular formula is C13H16FNO3S. The normalized spacial score (nSPS) is 10.2. The number of hydrogen-bond donors (Lipinski definition) is 1. The highest BCUT2D eigenvalue weighted by atomic mass is 32.2. The summed E-state index contributed by atoms with van der Waals surface area (Å²) in [5.41, 5.74) is 0. The van der Waals surface area contributed by atoms with E-state index in [4.69, 9.17) is 5.11 Å². The van der Waals surface area contributed by atoms with Crippen LogP contribution in [0.5, 0.6) is 0 Å². The van der Waals surface area contributed by atoms with E-state index in [0.29, 0.717) is 12.3 Å². The molecule has 104 valence electrons. The van der Waals surface area contributed by atoms with E-state index in [1.807, 2.05) is 0 Å². The van der Waals surface area contributed by atoms with Gasteiger partial charge in [0.25, 0.3) is 0 Å². The average molecular weight is 285 g/mol. The van der Waals surface area contributed by atoms with Crippen molar-refractivity contribution in [2.45, 2.75) is 18.2 Å². The summed E-state index contributed by atoms with van der Waals surface area (Å²) in [5, 5.41) is 8.66. The van der Waals surface area contributed by atoms with Crippen molar-refractivity contribution >= 4 is 23.6 Å². The van der Waals surface area contributed by atoms with Crippen molar-refractivity contribution in [2.75, 3.05) is 18.8 Å². The number of amides is 1. The van der Waals surface area contributed by atoms with Gasteiger partial charge < -0.3 is 10.0 Å². The summed E-state index contributed by atoms with van der Waals surface area (Å²) in [4.78, 5) is 24.5. The molecular weight excluding hydrogens is 269 g/mol. The number of halogens is 1. The Bertz CT molecular complexity index is 436. The Morgan fingerprint density at radius 3 is 2.47 bits per heavy atom. The summed E-state index contributed by atoms with van der Waals surface area (Å²) in [7, 11) is 0. The van der Waals surface area contributed by atoms with E-state index < -0.39 is 5.97 Å². The minimum absolute atomic E-state index is 0.181. The number of carbonyl (C=O) groups excluding carboxylic acids is 1. The van der Waals surface area contributed by atoms with Crippen LogP contribution >= 0.6 is 11.8 Å². The van der Waals surface area contributed by atoms with E-state index in [9.17, 15) is 14.0 Å². The van der Waals surface area contributed by atoms with Crippen molar-refractivity contribution in [3.63, 3.8) is 0 Å². The molecule has 0 radical (unpaired) electrons. The Balaban J connectivity index is 2.37. The molecule has 0 spiro atoms. The molecule has 1 amide bonds. The Morgan fingerprint density at radius 1 is 1.32 bits per heavy atom. The van der Waals surface area contributed by atoms with Crippen molar-refractivity contribution in [3.8, 4) is 0 Å². The van der Waals surface area contributed by atoms with Gasteiger partial charge in [-0.2, -0.15) is 0 Å². The molecule has 1 rings (SSSR count). The van der Waals surface area contributed by atoms with Crippen LogP contribution in [-0.2, 0) is 9.59 Å². The van der Waals surface area contributed by atoms with E-state index in [1.54, 1.807) is 19.1 Å².